The minimum atomic E-state index is -2.00. The van der Waals surface area contributed by atoms with Crippen LogP contribution in [-0.4, -0.2) is 63.2 Å². The van der Waals surface area contributed by atoms with Gasteiger partial charge in [-0.2, -0.15) is 0 Å². The third-order valence-electron chi connectivity index (χ3n) is 8.79. The van der Waals surface area contributed by atoms with E-state index < -0.39 is 58.8 Å². The van der Waals surface area contributed by atoms with Crippen LogP contribution in [0, 0.1) is 28.1 Å². The normalized spacial score (nSPS) is 54.4. The molecule has 2 spiro atoms. The molecule has 0 aromatic rings. The van der Waals surface area contributed by atoms with Crippen molar-refractivity contribution in [1.29, 1.82) is 0 Å². The molecule has 160 valence electrons. The van der Waals surface area contributed by atoms with Gasteiger partial charge in [-0.05, 0) is 35.8 Å². The average Bonchev–Trinajstić information content (AvgIpc) is 2.85. The SMILES string of the molecule is C=C1C2CC3(C(=CC2O)C24COC3(O)C(O)C2C(C)(C)CCC4OC(C)=O)C1O. The second-order valence-electron chi connectivity index (χ2n) is 10.4. The first kappa shape index (κ1) is 19.7. The van der Waals surface area contributed by atoms with E-state index in [4.69, 9.17) is 9.47 Å². The van der Waals surface area contributed by atoms with Crippen molar-refractivity contribution in [2.24, 2.45) is 28.1 Å². The molecular weight excluding hydrogens is 376 g/mol. The van der Waals surface area contributed by atoms with Crippen LogP contribution in [0.4, 0.5) is 0 Å². The van der Waals surface area contributed by atoms with Crippen LogP contribution >= 0.6 is 0 Å². The van der Waals surface area contributed by atoms with Gasteiger partial charge in [-0.3, -0.25) is 4.79 Å². The van der Waals surface area contributed by atoms with Crippen molar-refractivity contribution in [1.82, 2.24) is 0 Å². The van der Waals surface area contributed by atoms with Crippen molar-refractivity contribution in [3.05, 3.63) is 23.8 Å². The fourth-order valence-corrected chi connectivity index (χ4v) is 7.67. The maximum atomic E-state index is 12.0. The summed E-state index contributed by atoms with van der Waals surface area (Å²) >= 11 is 0. The minimum absolute atomic E-state index is 0.0524. The number of hydrogen-bond acceptors (Lipinski definition) is 7. The van der Waals surface area contributed by atoms with Crippen molar-refractivity contribution in [3.8, 4) is 0 Å². The first-order valence-electron chi connectivity index (χ1n) is 10.4. The molecule has 0 radical (unpaired) electrons. The fraction of sp³-hybridized carbons (Fsp3) is 0.773. The maximum absolute atomic E-state index is 12.0. The summed E-state index contributed by atoms with van der Waals surface area (Å²) in [6.07, 6.45) is -0.678. The molecule has 5 fully saturated rings. The van der Waals surface area contributed by atoms with E-state index in [2.05, 4.69) is 6.58 Å². The first-order chi connectivity index (χ1) is 13.4. The van der Waals surface area contributed by atoms with E-state index in [0.717, 1.165) is 0 Å². The van der Waals surface area contributed by atoms with Crippen LogP contribution in [0.5, 0.6) is 0 Å². The molecule has 2 aliphatic heterocycles. The highest BCUT2D eigenvalue weighted by atomic mass is 16.6. The number of hydrogen-bond donors (Lipinski definition) is 4. The van der Waals surface area contributed by atoms with Crippen molar-refractivity contribution >= 4 is 5.97 Å². The number of aliphatic hydroxyl groups is 4. The number of carbonyl (C=O) groups excluding carboxylic acids is 1. The summed E-state index contributed by atoms with van der Waals surface area (Å²) in [6.45, 7) is 9.46. The minimum Gasteiger partial charge on any atom is -0.462 e. The number of ether oxygens (including phenoxy) is 2. The van der Waals surface area contributed by atoms with Crippen LogP contribution in [0.2, 0.25) is 0 Å². The summed E-state index contributed by atoms with van der Waals surface area (Å²) in [4.78, 5) is 12.0. The van der Waals surface area contributed by atoms with E-state index in [1.165, 1.54) is 6.92 Å². The zero-order valence-corrected chi connectivity index (χ0v) is 17.1. The Hall–Kier alpha value is -1.25. The van der Waals surface area contributed by atoms with Gasteiger partial charge in [0.25, 0.3) is 0 Å². The molecule has 6 aliphatic rings. The van der Waals surface area contributed by atoms with E-state index in [9.17, 15) is 25.2 Å². The average molecular weight is 406 g/mol. The molecule has 29 heavy (non-hydrogen) atoms. The lowest BCUT2D eigenvalue weighted by Gasteiger charge is -2.73. The Bertz CT molecular complexity index is 833. The van der Waals surface area contributed by atoms with Crippen molar-refractivity contribution in [2.75, 3.05) is 6.61 Å². The Balaban J connectivity index is 1.81. The van der Waals surface area contributed by atoms with Crippen LogP contribution < -0.4 is 0 Å². The number of aliphatic hydroxyl groups excluding tert-OH is 3. The van der Waals surface area contributed by atoms with Gasteiger partial charge in [0.05, 0.1) is 29.6 Å². The zero-order valence-electron chi connectivity index (χ0n) is 17.1. The highest BCUT2D eigenvalue weighted by Gasteiger charge is 2.83. The molecule has 7 heteroatoms. The van der Waals surface area contributed by atoms with Crippen molar-refractivity contribution in [3.63, 3.8) is 0 Å². The topological polar surface area (TPSA) is 116 Å². The Labute approximate surface area is 170 Å². The molecule has 0 amide bonds. The predicted molar refractivity (Wildman–Crippen MR) is 101 cm³/mol. The van der Waals surface area contributed by atoms with E-state index in [-0.39, 0.29) is 18.4 Å². The molecule has 4 aliphatic carbocycles. The molecule has 9 atom stereocenters. The number of carbonyl (C=O) groups is 1. The Kier molecular flexibility index (Phi) is 3.74. The predicted octanol–water partition coefficient (Wildman–Crippen LogP) is 0.658. The van der Waals surface area contributed by atoms with Crippen molar-refractivity contribution in [2.45, 2.75) is 70.2 Å². The summed E-state index contributed by atoms with van der Waals surface area (Å²) < 4.78 is 11.7. The van der Waals surface area contributed by atoms with Gasteiger partial charge in [0.2, 0.25) is 5.79 Å². The van der Waals surface area contributed by atoms with Gasteiger partial charge in [-0.25, -0.2) is 0 Å². The molecule has 6 rings (SSSR count). The molecule has 0 aromatic carbocycles. The van der Waals surface area contributed by atoms with Crippen LogP contribution in [0.15, 0.2) is 23.8 Å². The van der Waals surface area contributed by atoms with E-state index >= 15 is 0 Å². The molecular formula is C22H30O7. The van der Waals surface area contributed by atoms with Gasteiger partial charge in [0.1, 0.15) is 12.2 Å². The summed E-state index contributed by atoms with van der Waals surface area (Å²) in [6, 6.07) is 0. The van der Waals surface area contributed by atoms with Gasteiger partial charge in [0.15, 0.2) is 0 Å². The number of rotatable bonds is 1. The third-order valence-corrected chi connectivity index (χ3v) is 8.79. The van der Waals surface area contributed by atoms with Gasteiger partial charge >= 0.3 is 5.97 Å². The van der Waals surface area contributed by atoms with Crippen LogP contribution in [-0.2, 0) is 14.3 Å². The van der Waals surface area contributed by atoms with Crippen LogP contribution in [0.1, 0.15) is 40.0 Å². The summed E-state index contributed by atoms with van der Waals surface area (Å²) in [7, 11) is 0. The lowest BCUT2D eigenvalue weighted by molar-refractivity contribution is -0.419. The molecule has 3 saturated carbocycles. The monoisotopic (exact) mass is 406 g/mol. The standard InChI is InChI=1S/C22H30O7/c1-10-12-8-21(17(10)25)14(7-13(12)24)20-9-28-22(21,27)18(26)16(20)19(3,4)6-5-15(20)29-11(2)23/h7,12-13,15-18,24-27H,1,5-6,8-9H2,2-4H3. The largest absolute Gasteiger partial charge is 0.462 e. The number of esters is 1. The van der Waals surface area contributed by atoms with Gasteiger partial charge in [-0.1, -0.05) is 26.5 Å². The second kappa shape index (κ2) is 5.51. The Morgan fingerprint density at radius 2 is 2.00 bits per heavy atom. The first-order valence-corrected chi connectivity index (χ1v) is 10.4. The Morgan fingerprint density at radius 1 is 1.31 bits per heavy atom. The molecule has 9 unspecified atom stereocenters. The zero-order chi connectivity index (χ0) is 21.1. The quantitative estimate of drug-likeness (QED) is 0.373. The highest BCUT2D eigenvalue weighted by Crippen LogP contribution is 2.76. The van der Waals surface area contributed by atoms with Crippen LogP contribution in [0.3, 0.4) is 0 Å². The molecule has 0 aromatic heterocycles. The molecule has 4 N–H and O–H groups in total. The lowest BCUT2D eigenvalue weighted by atomic mass is 9.38. The summed E-state index contributed by atoms with van der Waals surface area (Å²) in [5, 5.41) is 45.4. The van der Waals surface area contributed by atoms with Gasteiger partial charge < -0.3 is 29.9 Å². The molecule has 2 heterocycles. The van der Waals surface area contributed by atoms with Crippen molar-refractivity contribution < 1.29 is 34.7 Å². The fourth-order valence-electron chi connectivity index (χ4n) is 7.67. The second-order valence-corrected chi connectivity index (χ2v) is 10.4. The maximum Gasteiger partial charge on any atom is 0.302 e. The molecule has 4 bridgehead atoms. The van der Waals surface area contributed by atoms with E-state index in [1.54, 1.807) is 6.08 Å². The third kappa shape index (κ3) is 1.95. The summed E-state index contributed by atoms with van der Waals surface area (Å²) in [5.74, 6) is -3.32. The summed E-state index contributed by atoms with van der Waals surface area (Å²) in [5.41, 5.74) is -1.53. The van der Waals surface area contributed by atoms with Gasteiger partial charge in [-0.15, -0.1) is 0 Å². The highest BCUT2D eigenvalue weighted by molar-refractivity contribution is 5.66. The smallest absolute Gasteiger partial charge is 0.302 e. The lowest BCUT2D eigenvalue weighted by Crippen LogP contribution is -2.81. The molecule has 2 saturated heterocycles. The van der Waals surface area contributed by atoms with E-state index in [0.29, 0.717) is 24.0 Å². The molecule has 7 nitrogen and oxygen atoms in total. The Morgan fingerprint density at radius 3 is 2.66 bits per heavy atom. The van der Waals surface area contributed by atoms with Crippen LogP contribution in [0.25, 0.3) is 0 Å². The van der Waals surface area contributed by atoms with Gasteiger partial charge in [0, 0.05) is 18.8 Å². The van der Waals surface area contributed by atoms with E-state index in [1.807, 2.05) is 13.8 Å². The number of fused-ring (bicyclic) bond motifs is 2.